The van der Waals surface area contributed by atoms with Crippen molar-refractivity contribution in [2.45, 2.75) is 39.0 Å². The molecule has 0 atom stereocenters. The van der Waals surface area contributed by atoms with Gasteiger partial charge in [-0.1, -0.05) is 13.3 Å². The van der Waals surface area contributed by atoms with Crippen LogP contribution in [0.1, 0.15) is 13.3 Å². The maximum absolute atomic E-state index is 5.24. The molecule has 100 valence electrons. The molecule has 6 heteroatoms. The fraction of sp³-hybridized carbons (Fsp3) is 1.00. The van der Waals surface area contributed by atoms with E-state index in [0.29, 0.717) is 0 Å². The summed E-state index contributed by atoms with van der Waals surface area (Å²) in [4.78, 5) is 6.44. The fourth-order valence-electron chi connectivity index (χ4n) is 0.867. The highest BCUT2D eigenvalue weighted by Crippen LogP contribution is 2.12. The molecule has 0 rings (SSSR count). The van der Waals surface area contributed by atoms with Crippen molar-refractivity contribution >= 4 is 17.0 Å². The molecule has 0 heterocycles. The lowest BCUT2D eigenvalue weighted by Crippen LogP contribution is -2.54. The fourth-order valence-corrected chi connectivity index (χ4v) is 2.60. The molecule has 0 aliphatic heterocycles. The lowest BCUT2D eigenvalue weighted by molar-refractivity contribution is 0.249. The van der Waals surface area contributed by atoms with Crippen LogP contribution in [-0.4, -0.2) is 45.3 Å². The van der Waals surface area contributed by atoms with Crippen LogP contribution < -0.4 is 9.96 Å². The average molecular weight is 267 g/mol. The first-order chi connectivity index (χ1) is 7.30. The lowest BCUT2D eigenvalue weighted by atomic mass is 10.6. The molecule has 0 aliphatic rings. The van der Waals surface area contributed by atoms with E-state index in [1.807, 2.05) is 14.1 Å². The summed E-state index contributed by atoms with van der Waals surface area (Å²) in [6, 6.07) is 1.08. The molecular weight excluding hydrogens is 236 g/mol. The SMILES string of the molecule is CCC[Si](C)(OC)OC.CN[Si](C)(C)NC. The van der Waals surface area contributed by atoms with E-state index in [4.69, 9.17) is 8.85 Å². The smallest absolute Gasteiger partial charge is 0.334 e. The molecule has 0 spiro atoms. The first kappa shape index (κ1) is 18.6. The predicted octanol–water partition coefficient (Wildman–Crippen LogP) is 1.89. The molecule has 2 N–H and O–H groups in total. The predicted molar refractivity (Wildman–Crippen MR) is 76.3 cm³/mol. The van der Waals surface area contributed by atoms with Crippen LogP contribution in [0.5, 0.6) is 0 Å². The average Bonchev–Trinajstić information content (AvgIpc) is 2.30. The van der Waals surface area contributed by atoms with Gasteiger partial charge in [0.05, 0.1) is 0 Å². The number of hydrogen-bond donors (Lipinski definition) is 2. The summed E-state index contributed by atoms with van der Waals surface area (Å²) in [6.45, 7) is 8.65. The van der Waals surface area contributed by atoms with E-state index in [-0.39, 0.29) is 0 Å². The van der Waals surface area contributed by atoms with E-state index in [9.17, 15) is 0 Å². The van der Waals surface area contributed by atoms with Crippen molar-refractivity contribution in [2.75, 3.05) is 28.3 Å². The molecule has 0 bridgehead atoms. The van der Waals surface area contributed by atoms with Crippen LogP contribution in [0.2, 0.25) is 25.7 Å². The van der Waals surface area contributed by atoms with Gasteiger partial charge in [-0.05, 0) is 39.8 Å². The summed E-state index contributed by atoms with van der Waals surface area (Å²) in [7, 11) is 4.58. The maximum atomic E-state index is 5.24. The van der Waals surface area contributed by atoms with Crippen LogP contribution in [0.25, 0.3) is 0 Å². The molecule has 0 aliphatic carbocycles. The van der Waals surface area contributed by atoms with Gasteiger partial charge in [-0.2, -0.15) is 0 Å². The van der Waals surface area contributed by atoms with Gasteiger partial charge in [0.25, 0.3) is 0 Å². The Labute approximate surface area is 104 Å². The summed E-state index contributed by atoms with van der Waals surface area (Å²) in [6.07, 6.45) is 1.14. The van der Waals surface area contributed by atoms with Crippen LogP contribution in [0.3, 0.4) is 0 Å². The largest absolute Gasteiger partial charge is 0.398 e. The number of rotatable bonds is 6. The molecule has 0 aromatic heterocycles. The minimum Gasteiger partial charge on any atom is -0.398 e. The Morgan fingerprint density at radius 3 is 1.38 bits per heavy atom. The normalized spacial score (nSPS) is 12.0. The second-order valence-electron chi connectivity index (χ2n) is 4.42. The van der Waals surface area contributed by atoms with Crippen molar-refractivity contribution in [3.8, 4) is 0 Å². The molecule has 0 amide bonds. The van der Waals surface area contributed by atoms with Crippen molar-refractivity contribution in [3.63, 3.8) is 0 Å². The van der Waals surface area contributed by atoms with Crippen LogP contribution in [0, 0.1) is 0 Å². The van der Waals surface area contributed by atoms with Gasteiger partial charge >= 0.3 is 8.56 Å². The van der Waals surface area contributed by atoms with Crippen molar-refractivity contribution in [1.82, 2.24) is 9.96 Å². The second-order valence-corrected chi connectivity index (χ2v) is 12.3. The summed E-state index contributed by atoms with van der Waals surface area (Å²) in [5.41, 5.74) is 0. The van der Waals surface area contributed by atoms with Gasteiger partial charge in [0.2, 0.25) is 0 Å². The summed E-state index contributed by atoms with van der Waals surface area (Å²) < 4.78 is 10.5. The van der Waals surface area contributed by atoms with Crippen LogP contribution in [0.15, 0.2) is 0 Å². The van der Waals surface area contributed by atoms with E-state index >= 15 is 0 Å². The summed E-state index contributed by atoms with van der Waals surface area (Å²) in [5.74, 6) is 0. The highest BCUT2D eigenvalue weighted by atomic mass is 28.4. The summed E-state index contributed by atoms with van der Waals surface area (Å²) >= 11 is 0. The van der Waals surface area contributed by atoms with Crippen molar-refractivity contribution in [1.29, 1.82) is 0 Å². The van der Waals surface area contributed by atoms with Crippen molar-refractivity contribution < 1.29 is 8.85 Å². The molecule has 4 nitrogen and oxygen atoms in total. The third-order valence-electron chi connectivity index (χ3n) is 2.82. The van der Waals surface area contributed by atoms with Gasteiger partial charge in [0.1, 0.15) is 0 Å². The van der Waals surface area contributed by atoms with Crippen LogP contribution in [-0.2, 0) is 8.85 Å². The van der Waals surface area contributed by atoms with Gasteiger partial charge in [0.15, 0.2) is 8.40 Å². The van der Waals surface area contributed by atoms with E-state index in [1.165, 1.54) is 0 Å². The second kappa shape index (κ2) is 9.32. The van der Waals surface area contributed by atoms with Gasteiger partial charge < -0.3 is 18.8 Å². The first-order valence-electron chi connectivity index (χ1n) is 5.79. The third-order valence-corrected chi connectivity index (χ3v) is 8.45. The Bertz CT molecular complexity index is 159. The Hall–Kier alpha value is 0.274. The molecule has 0 radical (unpaired) electrons. The van der Waals surface area contributed by atoms with E-state index in [0.717, 1.165) is 12.5 Å². The topological polar surface area (TPSA) is 42.5 Å². The van der Waals surface area contributed by atoms with Crippen LogP contribution >= 0.6 is 0 Å². The van der Waals surface area contributed by atoms with Gasteiger partial charge in [0, 0.05) is 14.2 Å². The van der Waals surface area contributed by atoms with Gasteiger partial charge in [-0.15, -0.1) is 0 Å². The molecular formula is C10H30N2O2Si2. The van der Waals surface area contributed by atoms with E-state index in [2.05, 4.69) is 36.5 Å². The Morgan fingerprint density at radius 1 is 0.938 bits per heavy atom. The highest BCUT2D eigenvalue weighted by Gasteiger charge is 2.26. The number of hydrogen-bond acceptors (Lipinski definition) is 4. The zero-order chi connectivity index (χ0) is 13.2. The Kier molecular flexibility index (Phi) is 10.9. The van der Waals surface area contributed by atoms with Crippen molar-refractivity contribution in [3.05, 3.63) is 0 Å². The van der Waals surface area contributed by atoms with E-state index in [1.54, 1.807) is 14.2 Å². The highest BCUT2D eigenvalue weighted by molar-refractivity contribution is 6.72. The quantitative estimate of drug-likeness (QED) is 0.721. The van der Waals surface area contributed by atoms with Gasteiger partial charge in [-0.3, -0.25) is 0 Å². The Morgan fingerprint density at radius 2 is 1.31 bits per heavy atom. The number of nitrogens with one attached hydrogen (secondary N) is 2. The molecule has 0 aromatic rings. The zero-order valence-corrected chi connectivity index (χ0v) is 14.2. The molecule has 0 saturated heterocycles. The minimum absolute atomic E-state index is 1.08. The maximum Gasteiger partial charge on any atom is 0.334 e. The van der Waals surface area contributed by atoms with Crippen LogP contribution in [0.4, 0.5) is 0 Å². The Balaban J connectivity index is 0. The lowest BCUT2D eigenvalue weighted by Gasteiger charge is -2.21. The van der Waals surface area contributed by atoms with Gasteiger partial charge in [-0.25, -0.2) is 0 Å². The summed E-state index contributed by atoms with van der Waals surface area (Å²) in [5, 5.41) is 0. The zero-order valence-electron chi connectivity index (χ0n) is 12.2. The monoisotopic (exact) mass is 266 g/mol. The molecule has 0 aromatic carbocycles. The van der Waals surface area contributed by atoms with E-state index < -0.39 is 17.0 Å². The molecule has 0 fully saturated rings. The third kappa shape index (κ3) is 9.50. The first-order valence-corrected chi connectivity index (χ1v) is 11.3. The molecule has 0 saturated carbocycles. The van der Waals surface area contributed by atoms with Crippen molar-refractivity contribution in [2.24, 2.45) is 0 Å². The molecule has 16 heavy (non-hydrogen) atoms. The minimum atomic E-state index is -1.70. The molecule has 0 unspecified atom stereocenters. The standard InChI is InChI=1S/C6H16O2Si.C4H14N2Si/c1-5-6-9(4,7-2)8-3;1-5-7(3,4)6-2/h5-6H2,1-4H3;5-6H,1-4H3.